The van der Waals surface area contributed by atoms with E-state index in [4.69, 9.17) is 0 Å². The van der Waals surface area contributed by atoms with Gasteiger partial charge >= 0.3 is 0 Å². The Kier molecular flexibility index (Phi) is 8.32. The molecule has 0 aliphatic heterocycles. The van der Waals surface area contributed by atoms with Crippen molar-refractivity contribution < 1.29 is 19.2 Å². The van der Waals surface area contributed by atoms with Crippen LogP contribution in [0.3, 0.4) is 0 Å². The van der Waals surface area contributed by atoms with E-state index in [0.717, 1.165) is 11.1 Å². The molecule has 3 aromatic rings. The van der Waals surface area contributed by atoms with Crippen LogP contribution in [0.4, 0.5) is 5.69 Å². The standard InChI is InChI=1S/C32H24N4O4/c1-23-17-28(33-19-37)16-14-24(23)13-15-27-18-29(25-9-5-3-6-10-25)32(35-21-39,36-22-40)30(31(27,2)34-20-38)26-11-7-4-8-12-26/h3-18,27,30H,1-2H3. The molecule has 0 spiro atoms. The quantitative estimate of drug-likeness (QED) is 0.266. The zero-order chi connectivity index (χ0) is 28.6. The van der Waals surface area contributed by atoms with Crippen molar-refractivity contribution in [1.82, 2.24) is 0 Å². The van der Waals surface area contributed by atoms with E-state index in [1.54, 1.807) is 49.4 Å². The van der Waals surface area contributed by atoms with Gasteiger partial charge < -0.3 is 0 Å². The Bertz CT molecular complexity index is 1640. The monoisotopic (exact) mass is 528 g/mol. The lowest BCUT2D eigenvalue weighted by Gasteiger charge is -2.49. The summed E-state index contributed by atoms with van der Waals surface area (Å²) in [7, 11) is 0. The summed E-state index contributed by atoms with van der Waals surface area (Å²) >= 11 is 0. The van der Waals surface area contributed by atoms with Crippen LogP contribution in [0.2, 0.25) is 0 Å². The van der Waals surface area contributed by atoms with E-state index in [2.05, 4.69) is 20.0 Å². The van der Waals surface area contributed by atoms with Crippen LogP contribution in [0.15, 0.2) is 111 Å². The molecule has 0 heterocycles. The first-order valence-corrected chi connectivity index (χ1v) is 12.4. The van der Waals surface area contributed by atoms with E-state index in [1.807, 2.05) is 79.7 Å². The van der Waals surface area contributed by atoms with Gasteiger partial charge in [0, 0.05) is 11.5 Å². The molecule has 0 saturated heterocycles. The maximum atomic E-state index is 11.9. The van der Waals surface area contributed by atoms with Gasteiger partial charge in [-0.05, 0) is 48.2 Å². The second-order valence-corrected chi connectivity index (χ2v) is 9.48. The molecular weight excluding hydrogens is 504 g/mol. The first-order chi connectivity index (χ1) is 19.4. The van der Waals surface area contributed by atoms with Gasteiger partial charge in [-0.15, -0.1) is 0 Å². The highest BCUT2D eigenvalue weighted by Crippen LogP contribution is 2.56. The maximum Gasteiger partial charge on any atom is 0.240 e. The van der Waals surface area contributed by atoms with Crippen LogP contribution in [0, 0.1) is 12.8 Å². The SMILES string of the molecule is Cc1cc(N=C=O)ccc1C=CC1C=C(c2ccccc2)C(N=C=O)(N=C=O)C(c2ccccc2)C1(C)N=C=O. The number of aryl methyl sites for hydroxylation is 1. The van der Waals surface area contributed by atoms with Crippen LogP contribution in [0.25, 0.3) is 11.6 Å². The topological polar surface area (TPSA) is 118 Å². The van der Waals surface area contributed by atoms with E-state index in [0.29, 0.717) is 22.4 Å². The molecule has 8 heteroatoms. The molecule has 3 aromatic carbocycles. The minimum Gasteiger partial charge on any atom is -0.211 e. The number of aliphatic imine (C=N–C) groups is 4. The minimum atomic E-state index is -1.81. The van der Waals surface area contributed by atoms with Crippen molar-refractivity contribution in [3.63, 3.8) is 0 Å². The molecule has 0 fully saturated rings. The maximum absolute atomic E-state index is 11.9. The van der Waals surface area contributed by atoms with Gasteiger partial charge in [0.25, 0.3) is 0 Å². The van der Waals surface area contributed by atoms with E-state index in [-0.39, 0.29) is 0 Å². The van der Waals surface area contributed by atoms with Crippen LogP contribution in [0.1, 0.15) is 35.1 Å². The average molecular weight is 529 g/mol. The van der Waals surface area contributed by atoms with Crippen LogP contribution < -0.4 is 0 Å². The zero-order valence-corrected chi connectivity index (χ0v) is 21.8. The number of isocyanates is 4. The molecule has 40 heavy (non-hydrogen) atoms. The number of benzene rings is 3. The van der Waals surface area contributed by atoms with Crippen molar-refractivity contribution in [2.75, 3.05) is 0 Å². The molecule has 196 valence electrons. The lowest BCUT2D eigenvalue weighted by atomic mass is 9.59. The number of hydrogen-bond donors (Lipinski definition) is 0. The third kappa shape index (κ3) is 5.16. The molecule has 0 saturated carbocycles. The smallest absolute Gasteiger partial charge is 0.211 e. The summed E-state index contributed by atoms with van der Waals surface area (Å²) in [5.74, 6) is -1.44. The van der Waals surface area contributed by atoms with Gasteiger partial charge in [-0.3, -0.25) is 0 Å². The van der Waals surface area contributed by atoms with Crippen LogP contribution in [-0.2, 0) is 19.2 Å². The summed E-state index contributed by atoms with van der Waals surface area (Å²) in [5, 5.41) is 0. The molecule has 3 atom stereocenters. The van der Waals surface area contributed by atoms with Crippen molar-refractivity contribution in [2.24, 2.45) is 25.9 Å². The second-order valence-electron chi connectivity index (χ2n) is 9.48. The number of nitrogens with zero attached hydrogens (tertiary/aromatic N) is 4. The van der Waals surface area contributed by atoms with Gasteiger partial charge in [0.15, 0.2) is 0 Å². The summed E-state index contributed by atoms with van der Waals surface area (Å²) in [6, 6.07) is 23.5. The number of carbonyl (C=O) groups excluding carboxylic acids is 4. The summed E-state index contributed by atoms with van der Waals surface area (Å²) < 4.78 is 0. The van der Waals surface area contributed by atoms with Crippen LogP contribution in [0.5, 0.6) is 0 Å². The van der Waals surface area contributed by atoms with E-state index in [1.165, 1.54) is 6.08 Å². The third-order valence-corrected chi connectivity index (χ3v) is 7.25. The highest BCUT2D eigenvalue weighted by molar-refractivity contribution is 5.80. The largest absolute Gasteiger partial charge is 0.240 e. The highest BCUT2D eigenvalue weighted by Gasteiger charge is 2.59. The van der Waals surface area contributed by atoms with Gasteiger partial charge in [-0.2, -0.15) is 20.0 Å². The summed E-state index contributed by atoms with van der Waals surface area (Å²) in [5.41, 5.74) is 0.872. The average Bonchev–Trinajstić information content (AvgIpc) is 2.95. The molecule has 0 amide bonds. The second kappa shape index (κ2) is 12.0. The minimum absolute atomic E-state index is 0.467. The van der Waals surface area contributed by atoms with E-state index >= 15 is 0 Å². The van der Waals surface area contributed by atoms with Gasteiger partial charge in [0.1, 0.15) is 0 Å². The Morgan fingerprint density at radius 2 is 1.40 bits per heavy atom. The van der Waals surface area contributed by atoms with Crippen molar-refractivity contribution in [3.8, 4) is 0 Å². The number of hydrogen-bond acceptors (Lipinski definition) is 8. The Hall–Kier alpha value is -5.34. The van der Waals surface area contributed by atoms with Crippen molar-refractivity contribution in [1.29, 1.82) is 0 Å². The molecule has 0 aromatic heterocycles. The van der Waals surface area contributed by atoms with E-state index < -0.39 is 23.0 Å². The fraction of sp³-hybridized carbons (Fsp3) is 0.188. The lowest BCUT2D eigenvalue weighted by Crippen LogP contribution is -2.53. The Balaban J connectivity index is 2.06. The molecule has 0 N–H and O–H groups in total. The molecule has 0 radical (unpaired) electrons. The molecule has 8 nitrogen and oxygen atoms in total. The zero-order valence-electron chi connectivity index (χ0n) is 21.8. The van der Waals surface area contributed by atoms with Gasteiger partial charge in [0.2, 0.25) is 30.0 Å². The van der Waals surface area contributed by atoms with Gasteiger partial charge in [0.05, 0.1) is 17.1 Å². The Morgan fingerprint density at radius 3 is 1.98 bits per heavy atom. The molecule has 0 bridgehead atoms. The molecule has 1 aliphatic rings. The van der Waals surface area contributed by atoms with Crippen molar-refractivity contribution in [2.45, 2.75) is 31.0 Å². The summed E-state index contributed by atoms with van der Waals surface area (Å²) in [4.78, 5) is 62.6. The fourth-order valence-corrected chi connectivity index (χ4v) is 5.45. The number of rotatable bonds is 8. The van der Waals surface area contributed by atoms with Crippen LogP contribution >= 0.6 is 0 Å². The van der Waals surface area contributed by atoms with Gasteiger partial charge in [-0.25, -0.2) is 19.2 Å². The predicted octanol–water partition coefficient (Wildman–Crippen LogP) is 5.94. The van der Waals surface area contributed by atoms with Gasteiger partial charge in [-0.1, -0.05) is 85.0 Å². The van der Waals surface area contributed by atoms with Crippen LogP contribution in [-0.4, -0.2) is 35.5 Å². The Morgan fingerprint density at radius 1 is 0.775 bits per heavy atom. The third-order valence-electron chi connectivity index (χ3n) is 7.25. The lowest BCUT2D eigenvalue weighted by molar-refractivity contribution is 0.245. The van der Waals surface area contributed by atoms with E-state index in [9.17, 15) is 19.2 Å². The Labute approximate surface area is 230 Å². The molecule has 4 rings (SSSR count). The summed E-state index contributed by atoms with van der Waals surface area (Å²) in [6.45, 7) is 3.63. The molecule has 1 aliphatic carbocycles. The molecular formula is C32H24N4O4. The molecule has 3 unspecified atom stereocenters. The van der Waals surface area contributed by atoms with Crippen molar-refractivity contribution in [3.05, 3.63) is 113 Å². The summed E-state index contributed by atoms with van der Waals surface area (Å²) in [6.07, 6.45) is 12.0. The normalized spacial score (nSPS) is 23.5. The first-order valence-electron chi connectivity index (χ1n) is 12.4. The fourth-order valence-electron chi connectivity index (χ4n) is 5.45. The predicted molar refractivity (Wildman–Crippen MR) is 151 cm³/mol. The van der Waals surface area contributed by atoms with Crippen molar-refractivity contribution >= 4 is 41.7 Å². The highest BCUT2D eigenvalue weighted by atomic mass is 16.1. The first kappa shape index (κ1) is 27.7.